The molecule has 182 valence electrons. The maximum Gasteiger partial charge on any atom is 0.262 e. The van der Waals surface area contributed by atoms with Gasteiger partial charge in [-0.3, -0.25) is 9.59 Å². The van der Waals surface area contributed by atoms with Crippen LogP contribution in [0.25, 0.3) is 0 Å². The Morgan fingerprint density at radius 3 is 2.61 bits per heavy atom. The monoisotopic (exact) mass is 520 g/mol. The molecule has 2 atom stereocenters. The average Bonchev–Trinajstić information content (AvgIpc) is 3.44. The molecule has 2 amide bonds. The molecule has 0 aromatic heterocycles. The molecule has 3 aromatic rings. The predicted molar refractivity (Wildman–Crippen MR) is 142 cm³/mol. The van der Waals surface area contributed by atoms with E-state index in [2.05, 4.69) is 10.3 Å². The Morgan fingerprint density at radius 1 is 1.14 bits per heavy atom. The van der Waals surface area contributed by atoms with Crippen LogP contribution in [0.2, 0.25) is 5.02 Å². The van der Waals surface area contributed by atoms with Crippen LogP contribution in [-0.2, 0) is 9.59 Å². The van der Waals surface area contributed by atoms with Gasteiger partial charge in [0.1, 0.15) is 11.1 Å². The van der Waals surface area contributed by atoms with Crippen LogP contribution >= 0.6 is 23.4 Å². The summed E-state index contributed by atoms with van der Waals surface area (Å²) in [7, 11) is 0. The number of carbonyl (C=O) groups is 2. The van der Waals surface area contributed by atoms with Crippen molar-refractivity contribution in [2.75, 3.05) is 5.32 Å². The second-order valence-electron chi connectivity index (χ2n) is 8.63. The smallest absolute Gasteiger partial charge is 0.262 e. The van der Waals surface area contributed by atoms with Crippen LogP contribution in [0, 0.1) is 12.7 Å². The fourth-order valence-corrected chi connectivity index (χ4v) is 5.34. The van der Waals surface area contributed by atoms with E-state index in [1.807, 2.05) is 37.3 Å². The van der Waals surface area contributed by atoms with Gasteiger partial charge < -0.3 is 5.32 Å². The van der Waals surface area contributed by atoms with Gasteiger partial charge in [-0.05, 0) is 60.0 Å². The van der Waals surface area contributed by atoms with Crippen LogP contribution in [0.15, 0.2) is 82.9 Å². The van der Waals surface area contributed by atoms with Crippen molar-refractivity contribution in [2.45, 2.75) is 31.1 Å². The van der Waals surface area contributed by atoms with Gasteiger partial charge in [-0.25, -0.2) is 9.40 Å². The van der Waals surface area contributed by atoms with Crippen molar-refractivity contribution in [1.82, 2.24) is 5.01 Å². The third-order valence-electron chi connectivity index (χ3n) is 5.94. The Balaban J connectivity index is 1.35. The number of anilines is 1. The lowest BCUT2D eigenvalue weighted by atomic mass is 9.98. The van der Waals surface area contributed by atoms with E-state index in [0.29, 0.717) is 22.3 Å². The molecule has 5 rings (SSSR count). The first kappa shape index (κ1) is 24.2. The second kappa shape index (κ2) is 10.2. The molecular weight excluding hydrogens is 499 g/mol. The van der Waals surface area contributed by atoms with Crippen LogP contribution in [0.3, 0.4) is 0 Å². The molecule has 0 saturated heterocycles. The van der Waals surface area contributed by atoms with Crippen molar-refractivity contribution in [2.24, 2.45) is 10.1 Å². The zero-order valence-electron chi connectivity index (χ0n) is 19.3. The van der Waals surface area contributed by atoms with Crippen molar-refractivity contribution in [3.8, 4) is 0 Å². The largest absolute Gasteiger partial charge is 0.326 e. The summed E-state index contributed by atoms with van der Waals surface area (Å²) >= 11 is 7.27. The molecule has 0 unspecified atom stereocenters. The van der Waals surface area contributed by atoms with E-state index < -0.39 is 5.25 Å². The highest BCUT2D eigenvalue weighted by atomic mass is 35.5. The minimum Gasteiger partial charge on any atom is -0.326 e. The summed E-state index contributed by atoms with van der Waals surface area (Å²) in [5.74, 6) is -0.961. The molecule has 2 heterocycles. The van der Waals surface area contributed by atoms with E-state index in [1.54, 1.807) is 35.3 Å². The standard InChI is InChI=1S/C27H22ClFN4O2S/c1-16-3-2-4-21(13-16)30-25(34)15-24-26(35)31-27(36-24)33-23(18-7-11-20(29)12-8-18)14-22(32-33)17-5-9-19(28)10-6-17/h2-13,23-24H,14-15H2,1H3,(H,30,34)/t23-,24+/m1/s1. The van der Waals surface area contributed by atoms with Crippen LogP contribution < -0.4 is 5.32 Å². The first-order valence-electron chi connectivity index (χ1n) is 11.4. The first-order chi connectivity index (χ1) is 17.4. The average molecular weight is 521 g/mol. The number of hydrazone groups is 1. The number of aryl methyl sites for hydroxylation is 1. The van der Waals surface area contributed by atoms with Crippen LogP contribution in [-0.4, -0.2) is 33.0 Å². The molecule has 0 fully saturated rings. The van der Waals surface area contributed by atoms with Gasteiger partial charge in [0.2, 0.25) is 5.91 Å². The Kier molecular flexibility index (Phi) is 6.89. The lowest BCUT2D eigenvalue weighted by Crippen LogP contribution is -2.25. The third-order valence-corrected chi connectivity index (χ3v) is 7.33. The zero-order chi connectivity index (χ0) is 25.2. The van der Waals surface area contributed by atoms with Crippen molar-refractivity contribution < 1.29 is 14.0 Å². The molecule has 6 nitrogen and oxygen atoms in total. The van der Waals surface area contributed by atoms with E-state index in [-0.39, 0.29) is 30.1 Å². The Hall–Kier alpha value is -3.49. The number of aliphatic imine (C=N–C) groups is 1. The number of carbonyl (C=O) groups excluding carboxylic acids is 2. The Labute approximate surface area is 217 Å². The van der Waals surface area contributed by atoms with Gasteiger partial charge in [0.25, 0.3) is 5.91 Å². The minimum atomic E-state index is -0.645. The first-order valence-corrected chi connectivity index (χ1v) is 12.7. The predicted octanol–water partition coefficient (Wildman–Crippen LogP) is 5.97. The SMILES string of the molecule is Cc1cccc(NC(=O)C[C@@H]2SC(N3N=C(c4ccc(Cl)cc4)C[C@@H]3c3ccc(F)cc3)=NC2=O)c1. The second-order valence-corrected chi connectivity index (χ2v) is 10.2. The molecule has 36 heavy (non-hydrogen) atoms. The normalized spacial score (nSPS) is 19.3. The summed E-state index contributed by atoms with van der Waals surface area (Å²) in [5, 5.41) is 9.74. The quantitative estimate of drug-likeness (QED) is 0.450. The summed E-state index contributed by atoms with van der Waals surface area (Å²) < 4.78 is 13.6. The molecule has 9 heteroatoms. The minimum absolute atomic E-state index is 0.00669. The summed E-state index contributed by atoms with van der Waals surface area (Å²) in [6, 6.07) is 20.8. The number of nitrogens with zero attached hydrogens (tertiary/aromatic N) is 3. The number of benzene rings is 3. The van der Waals surface area contributed by atoms with Crippen molar-refractivity contribution in [1.29, 1.82) is 0 Å². The molecular formula is C27H22ClFN4O2S. The maximum absolute atomic E-state index is 13.6. The molecule has 0 saturated carbocycles. The fourth-order valence-electron chi connectivity index (χ4n) is 4.16. The Morgan fingerprint density at radius 2 is 1.89 bits per heavy atom. The number of amidine groups is 1. The lowest BCUT2D eigenvalue weighted by molar-refractivity contribution is -0.121. The van der Waals surface area contributed by atoms with Crippen molar-refractivity contribution >= 4 is 51.7 Å². The van der Waals surface area contributed by atoms with E-state index in [1.165, 1.54) is 23.9 Å². The number of amides is 2. The van der Waals surface area contributed by atoms with Gasteiger partial charge in [-0.2, -0.15) is 10.1 Å². The summed E-state index contributed by atoms with van der Waals surface area (Å²) in [6.45, 7) is 1.94. The van der Waals surface area contributed by atoms with Gasteiger partial charge in [-0.1, -0.05) is 59.8 Å². The molecule has 2 aliphatic heterocycles. The topological polar surface area (TPSA) is 74.1 Å². The summed E-state index contributed by atoms with van der Waals surface area (Å²) in [4.78, 5) is 29.6. The van der Waals surface area contributed by atoms with Crippen LogP contribution in [0.4, 0.5) is 10.1 Å². The Bertz CT molecular complexity index is 1380. The number of hydrogen-bond donors (Lipinski definition) is 1. The van der Waals surface area contributed by atoms with Crippen LogP contribution in [0.1, 0.15) is 35.6 Å². The molecule has 0 spiro atoms. The van der Waals surface area contributed by atoms with Gasteiger partial charge >= 0.3 is 0 Å². The van der Waals surface area contributed by atoms with E-state index in [9.17, 15) is 14.0 Å². The van der Waals surface area contributed by atoms with E-state index >= 15 is 0 Å². The third kappa shape index (κ3) is 5.34. The number of hydrogen-bond acceptors (Lipinski definition) is 5. The lowest BCUT2D eigenvalue weighted by Gasteiger charge is -2.23. The van der Waals surface area contributed by atoms with Crippen LogP contribution in [0.5, 0.6) is 0 Å². The molecule has 0 radical (unpaired) electrons. The zero-order valence-corrected chi connectivity index (χ0v) is 20.9. The maximum atomic E-state index is 13.6. The number of thioether (sulfide) groups is 1. The van der Waals surface area contributed by atoms with E-state index in [0.717, 1.165) is 22.4 Å². The van der Waals surface area contributed by atoms with Crippen molar-refractivity contribution in [3.05, 3.63) is 100 Å². The van der Waals surface area contributed by atoms with Gasteiger partial charge in [0.05, 0.1) is 11.8 Å². The number of halogens is 2. The number of nitrogens with one attached hydrogen (secondary N) is 1. The van der Waals surface area contributed by atoms with Gasteiger partial charge in [0, 0.05) is 23.6 Å². The molecule has 3 aromatic carbocycles. The fraction of sp³-hybridized carbons (Fsp3) is 0.185. The summed E-state index contributed by atoms with van der Waals surface area (Å²) in [5.41, 5.74) is 4.26. The highest BCUT2D eigenvalue weighted by molar-refractivity contribution is 8.15. The summed E-state index contributed by atoms with van der Waals surface area (Å²) in [6.07, 6.45) is 0.535. The van der Waals surface area contributed by atoms with Gasteiger partial charge in [-0.15, -0.1) is 0 Å². The highest BCUT2D eigenvalue weighted by Crippen LogP contribution is 2.38. The van der Waals surface area contributed by atoms with Crippen molar-refractivity contribution in [3.63, 3.8) is 0 Å². The molecule has 1 N–H and O–H groups in total. The highest BCUT2D eigenvalue weighted by Gasteiger charge is 2.39. The molecule has 0 aliphatic carbocycles. The number of rotatable bonds is 5. The van der Waals surface area contributed by atoms with Gasteiger partial charge in [0.15, 0.2) is 5.17 Å². The van der Waals surface area contributed by atoms with E-state index in [4.69, 9.17) is 16.7 Å². The molecule has 0 bridgehead atoms. The molecule has 2 aliphatic rings.